The van der Waals surface area contributed by atoms with Crippen molar-refractivity contribution in [2.75, 3.05) is 5.32 Å². The van der Waals surface area contributed by atoms with Gasteiger partial charge in [-0.15, -0.1) is 0 Å². The fourth-order valence-electron chi connectivity index (χ4n) is 2.69. The van der Waals surface area contributed by atoms with Crippen LogP contribution in [0.2, 0.25) is 0 Å². The van der Waals surface area contributed by atoms with Gasteiger partial charge in [0.15, 0.2) is 0 Å². The zero-order valence-electron chi connectivity index (χ0n) is 16.7. The average molecular weight is 407 g/mol. The summed E-state index contributed by atoms with van der Waals surface area (Å²) < 4.78 is 23.9. The molecule has 0 aliphatic rings. The van der Waals surface area contributed by atoms with E-state index in [-0.39, 0.29) is 24.4 Å². The van der Waals surface area contributed by atoms with Crippen LogP contribution in [0.5, 0.6) is 5.75 Å². The molecule has 30 heavy (non-hydrogen) atoms. The Hall–Kier alpha value is -3.67. The van der Waals surface area contributed by atoms with Crippen LogP contribution in [0, 0.1) is 5.82 Å². The lowest BCUT2D eigenvalue weighted by Gasteiger charge is -2.12. The van der Waals surface area contributed by atoms with Crippen LogP contribution < -0.4 is 10.1 Å². The summed E-state index contributed by atoms with van der Waals surface area (Å²) in [6, 6.07) is 19.3. The van der Waals surface area contributed by atoms with E-state index in [2.05, 4.69) is 5.32 Å². The van der Waals surface area contributed by atoms with Crippen LogP contribution in [-0.2, 0) is 11.3 Å². The summed E-state index contributed by atoms with van der Waals surface area (Å²) >= 11 is 0. The molecule has 1 amide bonds. The number of amides is 1. The smallest absolute Gasteiger partial charge is 0.338 e. The van der Waals surface area contributed by atoms with Gasteiger partial charge in [0.05, 0.1) is 17.2 Å². The highest BCUT2D eigenvalue weighted by Gasteiger charge is 2.14. The first-order chi connectivity index (χ1) is 14.4. The Labute approximate surface area is 174 Å². The van der Waals surface area contributed by atoms with E-state index in [1.165, 1.54) is 12.1 Å². The fourth-order valence-corrected chi connectivity index (χ4v) is 2.69. The number of carbonyl (C=O) groups excluding carboxylic acids is 2. The summed E-state index contributed by atoms with van der Waals surface area (Å²) in [7, 11) is 0. The van der Waals surface area contributed by atoms with Crippen molar-refractivity contribution < 1.29 is 23.5 Å². The Bertz CT molecular complexity index is 1010. The third-order valence-electron chi connectivity index (χ3n) is 4.16. The molecule has 1 N–H and O–H groups in total. The first kappa shape index (κ1) is 21.0. The summed E-state index contributed by atoms with van der Waals surface area (Å²) in [5, 5.41) is 2.79. The number of nitrogens with one attached hydrogen (secondary N) is 1. The lowest BCUT2D eigenvalue weighted by atomic mass is 10.1. The average Bonchev–Trinajstić information content (AvgIpc) is 2.73. The van der Waals surface area contributed by atoms with Crippen molar-refractivity contribution in [1.82, 2.24) is 0 Å². The minimum Gasteiger partial charge on any atom is -0.488 e. The second-order valence-corrected chi connectivity index (χ2v) is 6.90. The summed E-state index contributed by atoms with van der Waals surface area (Å²) in [4.78, 5) is 24.6. The molecular formula is C24H22FNO4. The van der Waals surface area contributed by atoms with E-state index in [9.17, 15) is 14.0 Å². The van der Waals surface area contributed by atoms with Crippen LogP contribution in [-0.4, -0.2) is 18.0 Å². The maximum absolute atomic E-state index is 13.0. The molecule has 0 spiro atoms. The Morgan fingerprint density at radius 2 is 1.60 bits per heavy atom. The van der Waals surface area contributed by atoms with E-state index < -0.39 is 5.97 Å². The largest absolute Gasteiger partial charge is 0.488 e. The van der Waals surface area contributed by atoms with E-state index in [1.54, 1.807) is 74.5 Å². The molecule has 0 saturated heterocycles. The molecule has 0 fully saturated rings. The van der Waals surface area contributed by atoms with Gasteiger partial charge in [0, 0.05) is 5.69 Å². The van der Waals surface area contributed by atoms with Gasteiger partial charge in [-0.2, -0.15) is 0 Å². The first-order valence-electron chi connectivity index (χ1n) is 9.51. The van der Waals surface area contributed by atoms with Crippen molar-refractivity contribution >= 4 is 17.6 Å². The van der Waals surface area contributed by atoms with Crippen LogP contribution in [0.4, 0.5) is 10.1 Å². The van der Waals surface area contributed by atoms with Crippen LogP contribution in [0.15, 0.2) is 72.8 Å². The standard InChI is InChI=1S/C24H22FNO4/c1-16(2)30-24(28)18-9-13-20(14-10-18)26-23(27)21-5-3-4-6-22(21)29-15-17-7-11-19(25)12-8-17/h3-14,16H,15H2,1-2H3,(H,26,27). The molecule has 6 heteroatoms. The van der Waals surface area contributed by atoms with Crippen molar-refractivity contribution in [3.05, 3.63) is 95.3 Å². The number of para-hydroxylation sites is 1. The van der Waals surface area contributed by atoms with Gasteiger partial charge in [-0.3, -0.25) is 4.79 Å². The maximum atomic E-state index is 13.0. The molecule has 0 aliphatic heterocycles. The Morgan fingerprint density at radius 1 is 0.933 bits per heavy atom. The molecule has 0 saturated carbocycles. The van der Waals surface area contributed by atoms with Crippen molar-refractivity contribution in [3.8, 4) is 5.75 Å². The molecule has 0 aliphatic carbocycles. The number of hydrogen-bond acceptors (Lipinski definition) is 4. The molecule has 5 nitrogen and oxygen atoms in total. The third-order valence-corrected chi connectivity index (χ3v) is 4.16. The van der Waals surface area contributed by atoms with Gasteiger partial charge in [-0.1, -0.05) is 24.3 Å². The minimum absolute atomic E-state index is 0.205. The molecular weight excluding hydrogens is 385 g/mol. The number of carbonyl (C=O) groups is 2. The summed E-state index contributed by atoms with van der Waals surface area (Å²) in [5.41, 5.74) is 2.09. The van der Waals surface area contributed by atoms with Gasteiger partial charge in [0.2, 0.25) is 0 Å². The fraction of sp³-hybridized carbons (Fsp3) is 0.167. The number of ether oxygens (including phenoxy) is 2. The Balaban J connectivity index is 1.67. The zero-order chi connectivity index (χ0) is 21.5. The third kappa shape index (κ3) is 5.67. The molecule has 3 aromatic carbocycles. The predicted molar refractivity (Wildman–Crippen MR) is 112 cm³/mol. The predicted octanol–water partition coefficient (Wildman–Crippen LogP) is 5.22. The number of anilines is 1. The van der Waals surface area contributed by atoms with Gasteiger partial charge in [-0.25, -0.2) is 9.18 Å². The quantitative estimate of drug-likeness (QED) is 0.545. The van der Waals surface area contributed by atoms with Crippen molar-refractivity contribution in [2.45, 2.75) is 26.6 Å². The monoisotopic (exact) mass is 407 g/mol. The van der Waals surface area contributed by atoms with E-state index in [0.29, 0.717) is 22.6 Å². The second kappa shape index (κ2) is 9.69. The summed E-state index contributed by atoms with van der Waals surface area (Å²) in [6.07, 6.45) is -0.205. The zero-order valence-corrected chi connectivity index (χ0v) is 16.7. The number of rotatable bonds is 7. The SMILES string of the molecule is CC(C)OC(=O)c1ccc(NC(=O)c2ccccc2OCc2ccc(F)cc2)cc1. The highest BCUT2D eigenvalue weighted by Crippen LogP contribution is 2.21. The lowest BCUT2D eigenvalue weighted by Crippen LogP contribution is -2.14. The number of benzene rings is 3. The number of halogens is 1. The van der Waals surface area contributed by atoms with Gasteiger partial charge in [-0.05, 0) is 67.9 Å². The molecule has 0 heterocycles. The Kier molecular flexibility index (Phi) is 6.80. The Morgan fingerprint density at radius 3 is 2.27 bits per heavy atom. The maximum Gasteiger partial charge on any atom is 0.338 e. The van der Waals surface area contributed by atoms with Crippen LogP contribution in [0.3, 0.4) is 0 Å². The molecule has 0 radical (unpaired) electrons. The highest BCUT2D eigenvalue weighted by atomic mass is 19.1. The van der Waals surface area contributed by atoms with Crippen molar-refractivity contribution in [3.63, 3.8) is 0 Å². The second-order valence-electron chi connectivity index (χ2n) is 6.90. The van der Waals surface area contributed by atoms with Gasteiger partial charge in [0.1, 0.15) is 18.2 Å². The molecule has 0 atom stereocenters. The van der Waals surface area contributed by atoms with E-state index in [0.717, 1.165) is 5.56 Å². The number of hydrogen-bond donors (Lipinski definition) is 1. The number of esters is 1. The van der Waals surface area contributed by atoms with Gasteiger partial charge < -0.3 is 14.8 Å². The minimum atomic E-state index is -0.414. The lowest BCUT2D eigenvalue weighted by molar-refractivity contribution is 0.0378. The summed E-state index contributed by atoms with van der Waals surface area (Å²) in [5.74, 6) is -0.664. The van der Waals surface area contributed by atoms with E-state index >= 15 is 0 Å². The molecule has 3 rings (SSSR count). The highest BCUT2D eigenvalue weighted by molar-refractivity contribution is 6.06. The molecule has 0 bridgehead atoms. The molecule has 154 valence electrons. The van der Waals surface area contributed by atoms with Gasteiger partial charge >= 0.3 is 5.97 Å². The first-order valence-corrected chi connectivity index (χ1v) is 9.51. The molecule has 0 unspecified atom stereocenters. The van der Waals surface area contributed by atoms with Crippen LogP contribution >= 0.6 is 0 Å². The van der Waals surface area contributed by atoms with E-state index in [4.69, 9.17) is 9.47 Å². The van der Waals surface area contributed by atoms with Crippen molar-refractivity contribution in [1.29, 1.82) is 0 Å². The topological polar surface area (TPSA) is 64.6 Å². The van der Waals surface area contributed by atoms with Crippen molar-refractivity contribution in [2.24, 2.45) is 0 Å². The van der Waals surface area contributed by atoms with Crippen LogP contribution in [0.1, 0.15) is 40.1 Å². The van der Waals surface area contributed by atoms with Crippen LogP contribution in [0.25, 0.3) is 0 Å². The molecule has 3 aromatic rings. The van der Waals surface area contributed by atoms with E-state index in [1.807, 2.05) is 0 Å². The molecule has 0 aromatic heterocycles. The summed E-state index contributed by atoms with van der Waals surface area (Å²) in [6.45, 7) is 3.77. The normalized spacial score (nSPS) is 10.5. The van der Waals surface area contributed by atoms with Gasteiger partial charge in [0.25, 0.3) is 5.91 Å².